The fourth-order valence-electron chi connectivity index (χ4n) is 3.79. The summed E-state index contributed by atoms with van der Waals surface area (Å²) >= 11 is 0. The van der Waals surface area contributed by atoms with Gasteiger partial charge in [-0.05, 0) is 26.6 Å². The molecule has 2 aromatic heterocycles. The topological polar surface area (TPSA) is 70.0 Å². The van der Waals surface area contributed by atoms with Gasteiger partial charge in [-0.3, -0.25) is 14.5 Å². The van der Waals surface area contributed by atoms with Crippen LogP contribution < -0.4 is 10.5 Å². The highest BCUT2D eigenvalue weighted by atomic mass is 16.1. The Kier molecular flexibility index (Phi) is 4.03. The fraction of sp³-hybridized carbons (Fsp3) is 0.421. The Bertz CT molecular complexity index is 987. The lowest BCUT2D eigenvalue weighted by Crippen LogP contribution is -2.35. The van der Waals surface area contributed by atoms with Crippen LogP contribution in [-0.2, 0) is 7.05 Å². The van der Waals surface area contributed by atoms with E-state index in [1.165, 1.54) is 11.1 Å². The van der Waals surface area contributed by atoms with Crippen molar-refractivity contribution in [2.24, 2.45) is 7.05 Å². The number of aromatic amines is 1. The minimum absolute atomic E-state index is 0.140. The van der Waals surface area contributed by atoms with Crippen LogP contribution in [0.5, 0.6) is 0 Å². The minimum Gasteiger partial charge on any atom is -0.340 e. The Morgan fingerprint density at radius 1 is 1.19 bits per heavy atom. The van der Waals surface area contributed by atoms with Crippen LogP contribution in [0.2, 0.25) is 0 Å². The summed E-state index contributed by atoms with van der Waals surface area (Å²) in [6, 6.07) is 9.09. The van der Waals surface area contributed by atoms with Crippen LogP contribution in [0, 0.1) is 6.92 Å². The van der Waals surface area contributed by atoms with Crippen LogP contribution in [0.15, 0.2) is 35.3 Å². The molecule has 0 saturated carbocycles. The third-order valence-electron chi connectivity index (χ3n) is 5.35. The number of hydrogen-bond acceptors (Lipinski definition) is 5. The van der Waals surface area contributed by atoms with E-state index in [0.717, 1.165) is 13.1 Å². The van der Waals surface area contributed by atoms with Crippen molar-refractivity contribution in [2.75, 3.05) is 32.1 Å². The lowest BCUT2D eigenvalue weighted by molar-refractivity contribution is 0.292. The number of aryl methyl sites for hydroxylation is 2. The summed E-state index contributed by atoms with van der Waals surface area (Å²) in [4.78, 5) is 24.4. The van der Waals surface area contributed by atoms with E-state index in [2.05, 4.69) is 70.2 Å². The van der Waals surface area contributed by atoms with Gasteiger partial charge in [0.1, 0.15) is 5.39 Å². The number of nitrogens with zero attached hydrogens (tertiary/aromatic N) is 5. The first-order chi connectivity index (χ1) is 12.4. The summed E-state index contributed by atoms with van der Waals surface area (Å²) in [6.45, 7) is 3.74. The number of anilines is 1. The standard InChI is InChI=1S/C19H24N6O/c1-12-5-7-13(8-6-12)15-10-25(11-16(15)23(2)3)19-21-17-14(18(26)22-19)9-20-24(17)4/h5-9,15-16H,10-11H2,1-4H3,(H,21,22,26)/t15-,16+/m1/s1. The van der Waals surface area contributed by atoms with Crippen LogP contribution in [0.25, 0.3) is 11.0 Å². The predicted octanol–water partition coefficient (Wildman–Crippen LogP) is 1.50. The maximum atomic E-state index is 12.4. The molecule has 0 bridgehead atoms. The molecule has 1 aliphatic rings. The maximum Gasteiger partial charge on any atom is 0.263 e. The predicted molar refractivity (Wildman–Crippen MR) is 103 cm³/mol. The lowest BCUT2D eigenvalue weighted by Gasteiger charge is -2.25. The van der Waals surface area contributed by atoms with Crippen molar-refractivity contribution in [2.45, 2.75) is 18.9 Å². The zero-order valence-electron chi connectivity index (χ0n) is 15.6. The molecule has 1 aliphatic heterocycles. The number of H-pyrrole nitrogens is 1. The molecule has 0 aliphatic carbocycles. The van der Waals surface area contributed by atoms with Gasteiger partial charge in [0.15, 0.2) is 5.65 Å². The molecule has 2 atom stereocenters. The van der Waals surface area contributed by atoms with Gasteiger partial charge in [0.25, 0.3) is 5.56 Å². The van der Waals surface area contributed by atoms with Crippen molar-refractivity contribution in [3.05, 3.63) is 51.9 Å². The van der Waals surface area contributed by atoms with Gasteiger partial charge in [-0.1, -0.05) is 29.8 Å². The summed E-state index contributed by atoms with van der Waals surface area (Å²) in [7, 11) is 6.02. The summed E-state index contributed by atoms with van der Waals surface area (Å²) in [5, 5.41) is 4.67. The maximum absolute atomic E-state index is 12.4. The second-order valence-corrected chi connectivity index (χ2v) is 7.35. The molecule has 1 aromatic carbocycles. The largest absolute Gasteiger partial charge is 0.340 e. The van der Waals surface area contributed by atoms with Crippen molar-refractivity contribution in [1.29, 1.82) is 0 Å². The number of aromatic nitrogens is 4. The number of nitrogens with one attached hydrogen (secondary N) is 1. The van der Waals surface area contributed by atoms with Gasteiger partial charge < -0.3 is 9.80 Å². The van der Waals surface area contributed by atoms with E-state index in [-0.39, 0.29) is 5.56 Å². The normalized spacial score (nSPS) is 20.4. The van der Waals surface area contributed by atoms with Gasteiger partial charge >= 0.3 is 0 Å². The zero-order chi connectivity index (χ0) is 18.4. The molecule has 1 N–H and O–H groups in total. The Hall–Kier alpha value is -2.67. The van der Waals surface area contributed by atoms with Crippen molar-refractivity contribution >= 4 is 17.0 Å². The van der Waals surface area contributed by atoms with E-state index >= 15 is 0 Å². The highest BCUT2D eigenvalue weighted by molar-refractivity contribution is 5.74. The highest BCUT2D eigenvalue weighted by Gasteiger charge is 2.36. The molecular formula is C19H24N6O. The van der Waals surface area contributed by atoms with E-state index in [1.807, 2.05) is 0 Å². The Morgan fingerprint density at radius 3 is 2.62 bits per heavy atom. The monoisotopic (exact) mass is 352 g/mol. The first-order valence-corrected chi connectivity index (χ1v) is 8.84. The zero-order valence-corrected chi connectivity index (χ0v) is 15.6. The van der Waals surface area contributed by atoms with E-state index < -0.39 is 0 Å². The van der Waals surface area contributed by atoms with Gasteiger partial charge in [-0.25, -0.2) is 0 Å². The van der Waals surface area contributed by atoms with Crippen LogP contribution >= 0.6 is 0 Å². The summed E-state index contributed by atoms with van der Waals surface area (Å²) in [5.74, 6) is 0.977. The van der Waals surface area contributed by atoms with Gasteiger partial charge in [0.05, 0.1) is 6.20 Å². The van der Waals surface area contributed by atoms with Crippen LogP contribution in [0.4, 0.5) is 5.95 Å². The molecule has 1 fully saturated rings. The average molecular weight is 352 g/mol. The molecule has 3 aromatic rings. The number of likely N-dealkylation sites (N-methyl/N-ethyl adjacent to an activating group) is 1. The van der Waals surface area contributed by atoms with E-state index in [1.54, 1.807) is 17.9 Å². The van der Waals surface area contributed by atoms with Crippen LogP contribution in [0.3, 0.4) is 0 Å². The van der Waals surface area contributed by atoms with Crippen LogP contribution in [-0.4, -0.2) is 57.9 Å². The third kappa shape index (κ3) is 2.78. The summed E-state index contributed by atoms with van der Waals surface area (Å²) < 4.78 is 1.64. The molecule has 0 spiro atoms. The van der Waals surface area contributed by atoms with Gasteiger partial charge in [0, 0.05) is 32.1 Å². The first kappa shape index (κ1) is 16.8. The first-order valence-electron chi connectivity index (χ1n) is 8.84. The molecular weight excluding hydrogens is 328 g/mol. The molecule has 136 valence electrons. The number of fused-ring (bicyclic) bond motifs is 1. The molecule has 7 heteroatoms. The fourth-order valence-corrected chi connectivity index (χ4v) is 3.79. The summed E-state index contributed by atoms with van der Waals surface area (Å²) in [6.07, 6.45) is 1.56. The van der Waals surface area contributed by atoms with Gasteiger partial charge in [-0.15, -0.1) is 0 Å². The van der Waals surface area contributed by atoms with Crippen LogP contribution in [0.1, 0.15) is 17.0 Å². The third-order valence-corrected chi connectivity index (χ3v) is 5.35. The van der Waals surface area contributed by atoms with Gasteiger partial charge in [-0.2, -0.15) is 10.1 Å². The van der Waals surface area contributed by atoms with E-state index in [0.29, 0.717) is 28.9 Å². The highest BCUT2D eigenvalue weighted by Crippen LogP contribution is 2.32. The molecule has 0 amide bonds. The molecule has 0 unspecified atom stereocenters. The average Bonchev–Trinajstić information content (AvgIpc) is 3.21. The number of rotatable bonds is 3. The van der Waals surface area contributed by atoms with Gasteiger partial charge in [0.2, 0.25) is 5.95 Å². The molecule has 3 heterocycles. The second kappa shape index (κ2) is 6.25. The molecule has 26 heavy (non-hydrogen) atoms. The smallest absolute Gasteiger partial charge is 0.263 e. The summed E-state index contributed by atoms with van der Waals surface area (Å²) in [5.41, 5.74) is 3.06. The quantitative estimate of drug-likeness (QED) is 0.774. The number of hydrogen-bond donors (Lipinski definition) is 1. The SMILES string of the molecule is Cc1ccc([C@H]2CN(c3nc4c(cnn4C)c(=O)[nH]3)C[C@@H]2N(C)C)cc1. The second-order valence-electron chi connectivity index (χ2n) is 7.35. The molecule has 1 saturated heterocycles. The van der Waals surface area contributed by atoms with E-state index in [4.69, 9.17) is 0 Å². The van der Waals surface area contributed by atoms with Crippen molar-refractivity contribution in [1.82, 2.24) is 24.6 Å². The van der Waals surface area contributed by atoms with Crippen molar-refractivity contribution in [3.63, 3.8) is 0 Å². The minimum atomic E-state index is -0.140. The Balaban J connectivity index is 1.71. The molecule has 4 rings (SSSR count). The Labute approximate surface area is 152 Å². The Morgan fingerprint density at radius 2 is 1.92 bits per heavy atom. The number of benzene rings is 1. The van der Waals surface area contributed by atoms with E-state index in [9.17, 15) is 4.79 Å². The molecule has 0 radical (unpaired) electrons. The molecule has 7 nitrogen and oxygen atoms in total. The lowest BCUT2D eigenvalue weighted by atomic mass is 9.93. The van der Waals surface area contributed by atoms with Crippen molar-refractivity contribution < 1.29 is 0 Å². The van der Waals surface area contributed by atoms with Crippen molar-refractivity contribution in [3.8, 4) is 0 Å².